The third-order valence-electron chi connectivity index (χ3n) is 4.37. The van der Waals surface area contributed by atoms with Crippen molar-refractivity contribution in [2.75, 3.05) is 25.0 Å². The summed E-state index contributed by atoms with van der Waals surface area (Å²) in [5.74, 6) is 0.286. The minimum Gasteiger partial charge on any atom is -0.355 e. The number of hydrogen-bond donors (Lipinski definition) is 0. The Morgan fingerprint density at radius 2 is 2.12 bits per heavy atom. The molecule has 1 atom stereocenters. The molecule has 136 valence electrons. The molecule has 7 nitrogen and oxygen atoms in total. The lowest BCUT2D eigenvalue weighted by atomic mass is 10.0. The van der Waals surface area contributed by atoms with Gasteiger partial charge in [0.2, 0.25) is 0 Å². The first-order valence-electron chi connectivity index (χ1n) is 8.02. The van der Waals surface area contributed by atoms with E-state index in [-0.39, 0.29) is 11.9 Å². The van der Waals surface area contributed by atoms with Crippen LogP contribution in [-0.2, 0) is 19.8 Å². The van der Waals surface area contributed by atoms with E-state index in [4.69, 9.17) is 0 Å². The molecule has 2 aromatic rings. The predicted molar refractivity (Wildman–Crippen MR) is 84.7 cm³/mol. The molecule has 0 amide bonds. The highest BCUT2D eigenvalue weighted by Gasteiger charge is 2.34. The molecular weight excluding hydrogens is 335 g/mol. The predicted octanol–water partition coefficient (Wildman–Crippen LogP) is 1.72. The van der Waals surface area contributed by atoms with Crippen LogP contribution < -0.4 is 4.90 Å². The third kappa shape index (κ3) is 4.25. The van der Waals surface area contributed by atoms with E-state index in [1.165, 1.54) is 0 Å². The van der Waals surface area contributed by atoms with Crippen molar-refractivity contribution >= 4 is 5.82 Å². The number of likely N-dealkylation sites (N-methyl/N-ethyl adjacent to an activating group) is 1. The van der Waals surface area contributed by atoms with Gasteiger partial charge >= 0.3 is 6.18 Å². The molecule has 1 saturated heterocycles. The van der Waals surface area contributed by atoms with Crippen LogP contribution in [0.1, 0.15) is 24.2 Å². The maximum absolute atomic E-state index is 12.8. The van der Waals surface area contributed by atoms with Gasteiger partial charge in [0.1, 0.15) is 17.8 Å². The van der Waals surface area contributed by atoms with Gasteiger partial charge in [0.05, 0.1) is 5.69 Å². The SMILES string of the molecule is CN(c1cc(C(F)(F)F)ncn1)C1CCCN(Cc2cn(C)nn2)C1. The van der Waals surface area contributed by atoms with Crippen LogP contribution in [0.5, 0.6) is 0 Å². The standard InChI is InChI=1S/C15H20F3N7/c1-23-7-11(21-22-23)8-25-5-3-4-12(9-25)24(2)14-6-13(15(16,17)18)19-10-20-14/h6-7,10,12H,3-5,8-9H2,1-2H3. The second kappa shape index (κ2) is 6.95. The molecule has 1 unspecified atom stereocenters. The zero-order valence-electron chi connectivity index (χ0n) is 14.1. The van der Waals surface area contributed by atoms with Gasteiger partial charge in [-0.25, -0.2) is 9.97 Å². The first kappa shape index (κ1) is 17.6. The lowest BCUT2D eigenvalue weighted by Gasteiger charge is -2.37. The van der Waals surface area contributed by atoms with E-state index in [0.717, 1.165) is 44.0 Å². The van der Waals surface area contributed by atoms with Gasteiger partial charge < -0.3 is 4.90 Å². The molecule has 1 aliphatic rings. The van der Waals surface area contributed by atoms with E-state index in [1.807, 2.05) is 13.2 Å². The number of alkyl halides is 3. The summed E-state index contributed by atoms with van der Waals surface area (Å²) in [6, 6.07) is 1.09. The quantitative estimate of drug-likeness (QED) is 0.832. The molecule has 0 aromatic carbocycles. The lowest BCUT2D eigenvalue weighted by Crippen LogP contribution is -2.46. The Bertz CT molecular complexity index is 715. The third-order valence-corrected chi connectivity index (χ3v) is 4.37. The Morgan fingerprint density at radius 1 is 1.32 bits per heavy atom. The van der Waals surface area contributed by atoms with Crippen molar-refractivity contribution in [2.45, 2.75) is 31.6 Å². The number of aromatic nitrogens is 5. The zero-order valence-corrected chi connectivity index (χ0v) is 14.1. The van der Waals surface area contributed by atoms with Crippen LogP contribution in [0.4, 0.5) is 19.0 Å². The van der Waals surface area contributed by atoms with Gasteiger partial charge in [0.25, 0.3) is 0 Å². The van der Waals surface area contributed by atoms with E-state index in [1.54, 1.807) is 16.6 Å². The Labute approximate surface area is 143 Å². The molecule has 3 rings (SSSR count). The van der Waals surface area contributed by atoms with Gasteiger partial charge in [0.15, 0.2) is 0 Å². The maximum atomic E-state index is 12.8. The molecule has 0 N–H and O–H groups in total. The molecule has 3 heterocycles. The van der Waals surface area contributed by atoms with Crippen LogP contribution >= 0.6 is 0 Å². The van der Waals surface area contributed by atoms with Gasteiger partial charge in [-0.15, -0.1) is 5.10 Å². The summed E-state index contributed by atoms with van der Waals surface area (Å²) in [6.45, 7) is 2.34. The fraction of sp³-hybridized carbons (Fsp3) is 0.600. The summed E-state index contributed by atoms with van der Waals surface area (Å²) in [6.07, 6.45) is 0.233. The fourth-order valence-electron chi connectivity index (χ4n) is 3.07. The van der Waals surface area contributed by atoms with Crippen molar-refractivity contribution in [3.8, 4) is 0 Å². The molecule has 0 aliphatic carbocycles. The molecule has 1 fully saturated rings. The molecule has 0 radical (unpaired) electrons. The molecule has 0 spiro atoms. The Kier molecular flexibility index (Phi) is 4.89. The zero-order chi connectivity index (χ0) is 18.0. The normalized spacial score (nSPS) is 19.2. The van der Waals surface area contributed by atoms with Crippen LogP contribution in [0.25, 0.3) is 0 Å². The van der Waals surface area contributed by atoms with Gasteiger partial charge in [-0.3, -0.25) is 9.58 Å². The first-order valence-corrected chi connectivity index (χ1v) is 8.02. The van der Waals surface area contributed by atoms with Gasteiger partial charge in [-0.05, 0) is 19.4 Å². The number of aryl methyl sites for hydroxylation is 1. The monoisotopic (exact) mass is 355 g/mol. The number of piperidine rings is 1. The van der Waals surface area contributed by atoms with Crippen molar-refractivity contribution in [3.05, 3.63) is 30.0 Å². The number of rotatable bonds is 4. The number of likely N-dealkylation sites (tertiary alicyclic amines) is 1. The van der Waals surface area contributed by atoms with Crippen molar-refractivity contribution in [1.29, 1.82) is 0 Å². The van der Waals surface area contributed by atoms with E-state index < -0.39 is 11.9 Å². The Balaban J connectivity index is 1.68. The Hall–Kier alpha value is -2.23. The van der Waals surface area contributed by atoms with E-state index >= 15 is 0 Å². The molecule has 0 bridgehead atoms. The van der Waals surface area contributed by atoms with Crippen molar-refractivity contribution in [3.63, 3.8) is 0 Å². The van der Waals surface area contributed by atoms with E-state index in [0.29, 0.717) is 6.54 Å². The van der Waals surface area contributed by atoms with Crippen LogP contribution in [0.3, 0.4) is 0 Å². The highest BCUT2D eigenvalue weighted by atomic mass is 19.4. The molecule has 1 aliphatic heterocycles. The minimum atomic E-state index is -4.47. The topological polar surface area (TPSA) is 63.0 Å². The fourth-order valence-corrected chi connectivity index (χ4v) is 3.07. The molecule has 10 heteroatoms. The summed E-state index contributed by atoms with van der Waals surface area (Å²) in [5.41, 5.74) is -0.0382. The number of anilines is 1. The lowest BCUT2D eigenvalue weighted by molar-refractivity contribution is -0.141. The van der Waals surface area contributed by atoms with Crippen LogP contribution in [-0.4, -0.2) is 56.0 Å². The number of nitrogens with zero attached hydrogens (tertiary/aromatic N) is 7. The second-order valence-corrected chi connectivity index (χ2v) is 6.28. The van der Waals surface area contributed by atoms with Crippen LogP contribution in [0, 0.1) is 0 Å². The summed E-state index contributed by atoms with van der Waals surface area (Å²) in [5, 5.41) is 8.01. The van der Waals surface area contributed by atoms with Gasteiger partial charge in [-0.1, -0.05) is 5.21 Å². The molecular formula is C15H20F3N7. The summed E-state index contributed by atoms with van der Waals surface area (Å²) in [7, 11) is 3.59. The van der Waals surface area contributed by atoms with Crippen molar-refractivity contribution in [2.24, 2.45) is 7.05 Å². The average Bonchev–Trinajstić information content (AvgIpc) is 2.98. The minimum absolute atomic E-state index is 0.0846. The summed E-state index contributed by atoms with van der Waals surface area (Å²) >= 11 is 0. The van der Waals surface area contributed by atoms with Gasteiger partial charge in [-0.2, -0.15) is 13.2 Å². The summed E-state index contributed by atoms with van der Waals surface area (Å²) < 4.78 is 40.2. The number of hydrogen-bond acceptors (Lipinski definition) is 6. The van der Waals surface area contributed by atoms with E-state index in [9.17, 15) is 13.2 Å². The summed E-state index contributed by atoms with van der Waals surface area (Å²) in [4.78, 5) is 11.4. The highest BCUT2D eigenvalue weighted by molar-refractivity contribution is 5.40. The molecule has 0 saturated carbocycles. The first-order chi connectivity index (χ1) is 11.8. The Morgan fingerprint density at radius 3 is 2.80 bits per heavy atom. The largest absolute Gasteiger partial charge is 0.433 e. The maximum Gasteiger partial charge on any atom is 0.433 e. The van der Waals surface area contributed by atoms with Crippen molar-refractivity contribution in [1.82, 2.24) is 29.9 Å². The average molecular weight is 355 g/mol. The van der Waals surface area contributed by atoms with Gasteiger partial charge in [0, 0.05) is 45.5 Å². The molecule has 25 heavy (non-hydrogen) atoms. The van der Waals surface area contributed by atoms with Crippen LogP contribution in [0.15, 0.2) is 18.6 Å². The van der Waals surface area contributed by atoms with Crippen LogP contribution in [0.2, 0.25) is 0 Å². The number of halogens is 3. The smallest absolute Gasteiger partial charge is 0.355 e. The highest BCUT2D eigenvalue weighted by Crippen LogP contribution is 2.29. The van der Waals surface area contributed by atoms with Crippen molar-refractivity contribution < 1.29 is 13.2 Å². The van der Waals surface area contributed by atoms with E-state index in [2.05, 4.69) is 25.2 Å². The molecule has 2 aromatic heterocycles. The second-order valence-electron chi connectivity index (χ2n) is 6.28.